The van der Waals surface area contributed by atoms with Crippen molar-refractivity contribution in [1.82, 2.24) is 14.7 Å². The predicted octanol–water partition coefficient (Wildman–Crippen LogP) is 6.04. The molecule has 0 aliphatic rings. The molecule has 0 amide bonds. The third-order valence-corrected chi connectivity index (χ3v) is 6.20. The van der Waals surface area contributed by atoms with Crippen LogP contribution in [0.25, 0.3) is 5.69 Å². The maximum atomic E-state index is 11.0. The molecule has 0 saturated carbocycles. The number of hydrogen-bond acceptors (Lipinski definition) is 5. The van der Waals surface area contributed by atoms with Crippen LogP contribution in [0.2, 0.25) is 0 Å². The molecule has 194 valence electrons. The number of hydrogen-bond donors (Lipinski definition) is 1. The van der Waals surface area contributed by atoms with Crippen molar-refractivity contribution >= 4 is 0 Å². The number of aliphatic hydroxyl groups is 1. The van der Waals surface area contributed by atoms with Gasteiger partial charge in [0.05, 0.1) is 30.2 Å². The van der Waals surface area contributed by atoms with Gasteiger partial charge in [0.15, 0.2) is 0 Å². The molecular formula is C31H37N3O3. The number of ether oxygens (including phenoxy) is 2. The lowest BCUT2D eigenvalue weighted by atomic mass is 10.1. The summed E-state index contributed by atoms with van der Waals surface area (Å²) in [5, 5.41) is 15.8. The molecular weight excluding hydrogens is 462 g/mol. The highest BCUT2D eigenvalue weighted by molar-refractivity contribution is 5.44. The summed E-state index contributed by atoms with van der Waals surface area (Å²) >= 11 is 0. The van der Waals surface area contributed by atoms with E-state index < -0.39 is 6.10 Å². The molecule has 1 N–H and O–H groups in total. The Morgan fingerprint density at radius 3 is 2.11 bits per heavy atom. The molecule has 4 rings (SSSR count). The first-order chi connectivity index (χ1) is 17.9. The van der Waals surface area contributed by atoms with Crippen LogP contribution in [-0.4, -0.2) is 46.1 Å². The van der Waals surface area contributed by atoms with Crippen molar-refractivity contribution in [3.05, 3.63) is 102 Å². The molecule has 0 saturated heterocycles. The van der Waals surface area contributed by atoms with Crippen LogP contribution in [0.3, 0.4) is 0 Å². The van der Waals surface area contributed by atoms with Crippen molar-refractivity contribution in [3.63, 3.8) is 0 Å². The first kappa shape index (κ1) is 26.5. The lowest BCUT2D eigenvalue weighted by molar-refractivity contribution is 0.101. The van der Waals surface area contributed by atoms with Gasteiger partial charge in [0.2, 0.25) is 5.88 Å². The average molecular weight is 500 g/mol. The summed E-state index contributed by atoms with van der Waals surface area (Å²) in [5.74, 6) is 2.61. The summed E-state index contributed by atoms with van der Waals surface area (Å²) in [7, 11) is 1.65. The Morgan fingerprint density at radius 2 is 1.49 bits per heavy atom. The van der Waals surface area contributed by atoms with Gasteiger partial charge >= 0.3 is 0 Å². The first-order valence-electron chi connectivity index (χ1n) is 12.8. The minimum absolute atomic E-state index is 0.444. The Morgan fingerprint density at radius 1 is 0.865 bits per heavy atom. The summed E-state index contributed by atoms with van der Waals surface area (Å²) in [6.45, 7) is 8.45. The van der Waals surface area contributed by atoms with Gasteiger partial charge in [-0.25, -0.2) is 4.68 Å². The zero-order chi connectivity index (χ0) is 26.2. The zero-order valence-electron chi connectivity index (χ0n) is 22.2. The van der Waals surface area contributed by atoms with Crippen molar-refractivity contribution in [2.24, 2.45) is 5.92 Å². The topological polar surface area (TPSA) is 59.8 Å². The van der Waals surface area contributed by atoms with Crippen LogP contribution >= 0.6 is 0 Å². The predicted molar refractivity (Wildman–Crippen MR) is 148 cm³/mol. The van der Waals surface area contributed by atoms with E-state index in [9.17, 15) is 5.11 Å². The van der Waals surface area contributed by atoms with E-state index in [0.717, 1.165) is 34.8 Å². The fraction of sp³-hybridized carbons (Fsp3) is 0.323. The Kier molecular flexibility index (Phi) is 8.99. The second-order valence-electron chi connectivity index (χ2n) is 9.83. The summed E-state index contributed by atoms with van der Waals surface area (Å²) in [6.07, 6.45) is 0.143. The van der Waals surface area contributed by atoms with Crippen molar-refractivity contribution < 1.29 is 14.6 Å². The molecule has 3 aromatic carbocycles. The number of benzene rings is 3. The molecule has 1 aromatic heterocycles. The molecule has 37 heavy (non-hydrogen) atoms. The summed E-state index contributed by atoms with van der Waals surface area (Å²) in [5.41, 5.74) is 3.97. The number of rotatable bonds is 12. The van der Waals surface area contributed by atoms with Crippen molar-refractivity contribution in [2.75, 3.05) is 20.2 Å². The monoisotopic (exact) mass is 499 g/mol. The Balaban J connectivity index is 1.64. The number of para-hydroxylation sites is 1. The molecule has 6 nitrogen and oxygen atoms in total. The standard InChI is InChI=1S/C31H37N3O3/c1-23(2)20-33(21-27(35)19-25-11-7-5-8-12-25)22-30-24(3)32-34(26-13-9-6-10-14-26)31(30)37-29-17-15-28(36-4)16-18-29/h5-18,23,27,35H,19-22H2,1-4H3/t27-/m1/s1. The van der Waals surface area contributed by atoms with E-state index in [1.165, 1.54) is 0 Å². The summed E-state index contributed by atoms with van der Waals surface area (Å²) < 4.78 is 13.6. The van der Waals surface area contributed by atoms with E-state index in [1.54, 1.807) is 7.11 Å². The van der Waals surface area contributed by atoms with E-state index in [0.29, 0.717) is 37.1 Å². The highest BCUT2D eigenvalue weighted by atomic mass is 16.5. The lowest BCUT2D eigenvalue weighted by Gasteiger charge is -2.27. The summed E-state index contributed by atoms with van der Waals surface area (Å²) in [6, 6.07) is 27.7. The van der Waals surface area contributed by atoms with Gasteiger partial charge in [-0.15, -0.1) is 0 Å². The van der Waals surface area contributed by atoms with E-state index >= 15 is 0 Å². The van der Waals surface area contributed by atoms with Gasteiger partial charge in [-0.3, -0.25) is 4.90 Å². The minimum Gasteiger partial charge on any atom is -0.497 e. The number of aromatic nitrogens is 2. The van der Waals surface area contributed by atoms with Crippen molar-refractivity contribution in [3.8, 4) is 23.1 Å². The van der Waals surface area contributed by atoms with Crippen LogP contribution in [0, 0.1) is 12.8 Å². The molecule has 6 heteroatoms. The highest BCUT2D eigenvalue weighted by Gasteiger charge is 2.23. The minimum atomic E-state index is -0.475. The quantitative estimate of drug-likeness (QED) is 0.257. The van der Waals surface area contributed by atoms with Gasteiger partial charge in [0.1, 0.15) is 11.5 Å². The fourth-order valence-corrected chi connectivity index (χ4v) is 4.52. The van der Waals surface area contributed by atoms with Crippen molar-refractivity contribution in [2.45, 2.75) is 39.8 Å². The molecule has 1 heterocycles. The normalized spacial score (nSPS) is 12.2. The van der Waals surface area contributed by atoms with Gasteiger partial charge in [-0.2, -0.15) is 5.10 Å². The third-order valence-electron chi connectivity index (χ3n) is 6.20. The molecule has 0 aliphatic heterocycles. The van der Waals surface area contributed by atoms with E-state index in [1.807, 2.05) is 84.4 Å². The van der Waals surface area contributed by atoms with Crippen LogP contribution in [-0.2, 0) is 13.0 Å². The zero-order valence-corrected chi connectivity index (χ0v) is 22.2. The molecule has 0 bridgehead atoms. The first-order valence-corrected chi connectivity index (χ1v) is 12.8. The molecule has 0 spiro atoms. The highest BCUT2D eigenvalue weighted by Crippen LogP contribution is 2.32. The number of nitrogens with zero attached hydrogens (tertiary/aromatic N) is 3. The second-order valence-corrected chi connectivity index (χ2v) is 9.83. The van der Waals surface area contributed by atoms with Gasteiger partial charge in [-0.05, 0) is 61.2 Å². The van der Waals surface area contributed by atoms with Crippen LogP contribution in [0.15, 0.2) is 84.9 Å². The second kappa shape index (κ2) is 12.6. The third kappa shape index (κ3) is 7.21. The Labute approximate surface area is 220 Å². The average Bonchev–Trinajstić information content (AvgIpc) is 3.19. The Bertz CT molecular complexity index is 1240. The largest absolute Gasteiger partial charge is 0.497 e. The molecule has 4 aromatic rings. The molecule has 0 radical (unpaired) electrons. The smallest absolute Gasteiger partial charge is 0.227 e. The fourth-order valence-electron chi connectivity index (χ4n) is 4.52. The van der Waals surface area contributed by atoms with Crippen molar-refractivity contribution in [1.29, 1.82) is 0 Å². The van der Waals surface area contributed by atoms with E-state index in [-0.39, 0.29) is 0 Å². The maximum Gasteiger partial charge on any atom is 0.227 e. The molecule has 1 atom stereocenters. The van der Waals surface area contributed by atoms with Crippen LogP contribution in [0.5, 0.6) is 17.4 Å². The maximum absolute atomic E-state index is 11.0. The van der Waals surface area contributed by atoms with Gasteiger partial charge in [-0.1, -0.05) is 62.4 Å². The molecule has 0 unspecified atom stereocenters. The van der Waals surface area contributed by atoms with E-state index in [4.69, 9.17) is 14.6 Å². The lowest BCUT2D eigenvalue weighted by Crippen LogP contribution is -2.35. The molecule has 0 aliphatic carbocycles. The van der Waals surface area contributed by atoms with E-state index in [2.05, 4.69) is 30.9 Å². The van der Waals surface area contributed by atoms with Gasteiger partial charge < -0.3 is 14.6 Å². The Hall–Kier alpha value is -3.61. The van der Waals surface area contributed by atoms with Gasteiger partial charge in [0.25, 0.3) is 0 Å². The van der Waals surface area contributed by atoms with Crippen LogP contribution < -0.4 is 9.47 Å². The van der Waals surface area contributed by atoms with Crippen LogP contribution in [0.1, 0.15) is 30.7 Å². The number of aliphatic hydroxyl groups excluding tert-OH is 1. The van der Waals surface area contributed by atoms with Gasteiger partial charge in [0, 0.05) is 19.6 Å². The SMILES string of the molecule is COc1ccc(Oc2c(CN(CC(C)C)C[C@H](O)Cc3ccccc3)c(C)nn2-c2ccccc2)cc1. The number of aryl methyl sites for hydroxylation is 1. The summed E-state index contributed by atoms with van der Waals surface area (Å²) in [4.78, 5) is 2.30. The molecule has 0 fully saturated rings. The van der Waals surface area contributed by atoms with Crippen LogP contribution in [0.4, 0.5) is 0 Å². The number of methoxy groups -OCH3 is 1.